The van der Waals surface area contributed by atoms with E-state index in [0.717, 1.165) is 5.56 Å². The van der Waals surface area contributed by atoms with E-state index < -0.39 is 29.5 Å². The van der Waals surface area contributed by atoms with E-state index >= 15 is 0 Å². The van der Waals surface area contributed by atoms with Crippen molar-refractivity contribution >= 4 is 24.1 Å². The summed E-state index contributed by atoms with van der Waals surface area (Å²) in [6.45, 7) is 16.1. The van der Waals surface area contributed by atoms with Crippen molar-refractivity contribution in [3.8, 4) is 17.0 Å². The molecule has 10 heteroatoms. The highest BCUT2D eigenvalue weighted by molar-refractivity contribution is 6.08. The van der Waals surface area contributed by atoms with E-state index in [1.807, 2.05) is 26.8 Å². The summed E-state index contributed by atoms with van der Waals surface area (Å²) in [6, 6.07) is 5.21. The molecule has 0 fully saturated rings. The summed E-state index contributed by atoms with van der Waals surface area (Å²) in [5.74, 6) is 0.0234. The van der Waals surface area contributed by atoms with Crippen LogP contribution in [0.3, 0.4) is 0 Å². The molecule has 1 aromatic heterocycles. The number of aromatic nitrogens is 2. The van der Waals surface area contributed by atoms with Gasteiger partial charge >= 0.3 is 18.3 Å². The molecule has 0 unspecified atom stereocenters. The highest BCUT2D eigenvalue weighted by Gasteiger charge is 2.34. The van der Waals surface area contributed by atoms with Gasteiger partial charge in [0.1, 0.15) is 17.0 Å². The standard InChI is InChI=1S/C25H34N4O6/c1-23(2,3)15-10-11-18(33-20(26)30)16(12-15)17-13-27-14-19(28-17)29(21(31)34-24(4,5)6)22(32)35-25(7,8)9/h10-14H,1-9H3,(H2,26,30). The van der Waals surface area contributed by atoms with Crippen LogP contribution in [0.25, 0.3) is 11.3 Å². The average molecular weight is 487 g/mol. The van der Waals surface area contributed by atoms with Crippen LogP contribution in [0.5, 0.6) is 5.75 Å². The number of rotatable bonds is 3. The molecule has 2 aromatic rings. The maximum Gasteiger partial charge on any atom is 0.425 e. The zero-order valence-electron chi connectivity index (χ0n) is 21.8. The average Bonchev–Trinajstić information content (AvgIpc) is 2.64. The maximum atomic E-state index is 13.0. The van der Waals surface area contributed by atoms with E-state index in [1.54, 1.807) is 53.7 Å². The molecule has 0 atom stereocenters. The van der Waals surface area contributed by atoms with Crippen LogP contribution in [-0.2, 0) is 14.9 Å². The third kappa shape index (κ3) is 7.94. The quantitative estimate of drug-likeness (QED) is 0.594. The van der Waals surface area contributed by atoms with Crippen LogP contribution in [0.1, 0.15) is 67.9 Å². The Bertz CT molecular complexity index is 1080. The van der Waals surface area contributed by atoms with Gasteiger partial charge in [-0.2, -0.15) is 4.90 Å². The molecular formula is C25H34N4O6. The van der Waals surface area contributed by atoms with Crippen LogP contribution in [0.15, 0.2) is 30.6 Å². The Morgan fingerprint density at radius 3 is 1.86 bits per heavy atom. The summed E-state index contributed by atoms with van der Waals surface area (Å²) in [7, 11) is 0. The molecule has 10 nitrogen and oxygen atoms in total. The van der Waals surface area contributed by atoms with Gasteiger partial charge < -0.3 is 19.9 Å². The number of carbonyl (C=O) groups is 3. The number of hydrogen-bond donors (Lipinski definition) is 1. The van der Waals surface area contributed by atoms with Gasteiger partial charge in [-0.15, -0.1) is 0 Å². The maximum absolute atomic E-state index is 13.0. The predicted octanol–water partition coefficient (Wildman–Crippen LogP) is 5.58. The van der Waals surface area contributed by atoms with Crippen LogP contribution in [-0.4, -0.2) is 39.4 Å². The molecule has 1 aromatic carbocycles. The molecule has 3 amide bonds. The fourth-order valence-corrected chi connectivity index (χ4v) is 2.86. The van der Waals surface area contributed by atoms with Gasteiger partial charge in [0.15, 0.2) is 5.82 Å². The molecule has 0 aliphatic rings. The zero-order chi connectivity index (χ0) is 26.8. The lowest BCUT2D eigenvalue weighted by Gasteiger charge is -2.28. The molecule has 35 heavy (non-hydrogen) atoms. The smallest absolute Gasteiger partial charge is 0.425 e. The number of primary amides is 1. The molecule has 0 saturated heterocycles. The van der Waals surface area contributed by atoms with Crippen molar-refractivity contribution in [3.63, 3.8) is 0 Å². The number of anilines is 1. The SMILES string of the molecule is CC(C)(C)OC(=O)N(C(=O)OC(C)(C)C)c1cncc(-c2cc(C(C)(C)C)ccc2OC(N)=O)n1. The minimum Gasteiger partial charge on any atom is -0.443 e. The molecule has 0 aliphatic carbocycles. The Labute approximate surface area is 205 Å². The fourth-order valence-electron chi connectivity index (χ4n) is 2.86. The second kappa shape index (κ2) is 9.89. The molecule has 0 radical (unpaired) electrons. The Morgan fingerprint density at radius 1 is 0.857 bits per heavy atom. The Hall–Kier alpha value is -3.69. The predicted molar refractivity (Wildman–Crippen MR) is 131 cm³/mol. The Kier molecular flexibility index (Phi) is 7.79. The molecular weight excluding hydrogens is 452 g/mol. The minimum absolute atomic E-state index is 0.128. The normalized spacial score (nSPS) is 12.0. The molecule has 0 aliphatic heterocycles. The van der Waals surface area contributed by atoms with Crippen LogP contribution in [0, 0.1) is 0 Å². The van der Waals surface area contributed by atoms with Gasteiger partial charge in [0.25, 0.3) is 0 Å². The van der Waals surface area contributed by atoms with Crippen molar-refractivity contribution < 1.29 is 28.6 Å². The largest absolute Gasteiger partial charge is 0.443 e. The van der Waals surface area contributed by atoms with Crippen molar-refractivity contribution in [2.75, 3.05) is 4.90 Å². The number of carbonyl (C=O) groups excluding carboxylic acids is 3. The van der Waals surface area contributed by atoms with Crippen molar-refractivity contribution in [3.05, 3.63) is 36.2 Å². The first-order valence-electron chi connectivity index (χ1n) is 11.1. The summed E-state index contributed by atoms with van der Waals surface area (Å²) in [5, 5.41) is 0. The molecule has 2 rings (SSSR count). The number of benzene rings is 1. The number of amides is 3. The third-order valence-electron chi connectivity index (χ3n) is 4.34. The fraction of sp³-hybridized carbons (Fsp3) is 0.480. The lowest BCUT2D eigenvalue weighted by molar-refractivity contribution is 0.0429. The van der Waals surface area contributed by atoms with E-state index in [-0.39, 0.29) is 22.7 Å². The van der Waals surface area contributed by atoms with Crippen LogP contribution in [0.2, 0.25) is 0 Å². The molecule has 0 bridgehead atoms. The molecule has 1 heterocycles. The molecule has 0 spiro atoms. The summed E-state index contributed by atoms with van der Waals surface area (Å²) in [4.78, 5) is 46.8. The lowest BCUT2D eigenvalue weighted by Crippen LogP contribution is -2.44. The molecule has 190 valence electrons. The summed E-state index contributed by atoms with van der Waals surface area (Å²) in [5.41, 5.74) is 4.81. The Balaban J connectivity index is 2.66. The first kappa shape index (κ1) is 27.6. The molecule has 0 saturated carbocycles. The van der Waals surface area contributed by atoms with Gasteiger partial charge in [0.05, 0.1) is 18.1 Å². The van der Waals surface area contributed by atoms with Gasteiger partial charge in [-0.1, -0.05) is 26.8 Å². The number of nitrogens with two attached hydrogens (primary N) is 1. The van der Waals surface area contributed by atoms with E-state index in [2.05, 4.69) is 9.97 Å². The summed E-state index contributed by atoms with van der Waals surface area (Å²) in [6.07, 6.45) is -0.297. The van der Waals surface area contributed by atoms with Gasteiger partial charge in [0, 0.05) is 5.56 Å². The van der Waals surface area contributed by atoms with Gasteiger partial charge in [-0.05, 0) is 64.7 Å². The highest BCUT2D eigenvalue weighted by atomic mass is 16.6. The first-order valence-corrected chi connectivity index (χ1v) is 11.1. The van der Waals surface area contributed by atoms with E-state index in [4.69, 9.17) is 19.9 Å². The van der Waals surface area contributed by atoms with Gasteiger partial charge in [-0.25, -0.2) is 19.4 Å². The summed E-state index contributed by atoms with van der Waals surface area (Å²) < 4.78 is 16.0. The molecule has 2 N–H and O–H groups in total. The van der Waals surface area contributed by atoms with E-state index in [0.29, 0.717) is 10.5 Å². The van der Waals surface area contributed by atoms with Gasteiger partial charge in [0.2, 0.25) is 0 Å². The first-order chi connectivity index (χ1) is 15.9. The monoisotopic (exact) mass is 486 g/mol. The van der Waals surface area contributed by atoms with Crippen molar-refractivity contribution in [2.24, 2.45) is 5.73 Å². The topological polar surface area (TPSA) is 134 Å². The number of hydrogen-bond acceptors (Lipinski definition) is 8. The van der Waals surface area contributed by atoms with Crippen molar-refractivity contribution in [2.45, 2.75) is 78.9 Å². The highest BCUT2D eigenvalue weighted by Crippen LogP contribution is 2.35. The minimum atomic E-state index is -0.997. The van der Waals surface area contributed by atoms with E-state index in [9.17, 15) is 14.4 Å². The van der Waals surface area contributed by atoms with Crippen molar-refractivity contribution in [1.29, 1.82) is 0 Å². The third-order valence-corrected chi connectivity index (χ3v) is 4.34. The number of imide groups is 1. The Morgan fingerprint density at radius 2 is 1.40 bits per heavy atom. The van der Waals surface area contributed by atoms with Crippen LogP contribution < -0.4 is 15.4 Å². The number of ether oxygens (including phenoxy) is 3. The van der Waals surface area contributed by atoms with Crippen molar-refractivity contribution in [1.82, 2.24) is 9.97 Å². The van der Waals surface area contributed by atoms with Gasteiger partial charge in [-0.3, -0.25) is 4.98 Å². The van der Waals surface area contributed by atoms with Crippen LogP contribution >= 0.6 is 0 Å². The van der Waals surface area contributed by atoms with E-state index in [1.165, 1.54) is 12.4 Å². The second-order valence-electron chi connectivity index (χ2n) is 10.9. The second-order valence-corrected chi connectivity index (χ2v) is 10.9. The van der Waals surface area contributed by atoms with Crippen LogP contribution in [0.4, 0.5) is 20.2 Å². The zero-order valence-corrected chi connectivity index (χ0v) is 21.8. The lowest BCUT2D eigenvalue weighted by atomic mass is 9.85. The number of nitrogens with zero attached hydrogens (tertiary/aromatic N) is 3. The summed E-state index contributed by atoms with van der Waals surface area (Å²) >= 11 is 0.